The van der Waals surface area contributed by atoms with E-state index in [4.69, 9.17) is 10.5 Å². The van der Waals surface area contributed by atoms with Crippen molar-refractivity contribution in [3.8, 4) is 0 Å². The van der Waals surface area contributed by atoms with Gasteiger partial charge in [0.2, 0.25) is 5.82 Å². The molecule has 1 aliphatic heterocycles. The van der Waals surface area contributed by atoms with Crippen LogP contribution in [0.1, 0.15) is 12.8 Å². The SMILES string of the molecule is Nc1nc(NCC2CCOCC2)ccc1[N+](=O)[O-]. The third-order valence-corrected chi connectivity index (χ3v) is 3.01. The topological polar surface area (TPSA) is 103 Å². The van der Waals surface area contributed by atoms with Gasteiger partial charge in [0.25, 0.3) is 0 Å². The zero-order chi connectivity index (χ0) is 13.0. The van der Waals surface area contributed by atoms with Crippen LogP contribution >= 0.6 is 0 Å². The second kappa shape index (κ2) is 5.63. The van der Waals surface area contributed by atoms with E-state index in [1.165, 1.54) is 6.07 Å². The summed E-state index contributed by atoms with van der Waals surface area (Å²) in [6, 6.07) is 2.95. The van der Waals surface area contributed by atoms with Gasteiger partial charge in [-0.05, 0) is 24.8 Å². The van der Waals surface area contributed by atoms with Crippen LogP contribution in [-0.4, -0.2) is 29.7 Å². The van der Waals surface area contributed by atoms with Crippen molar-refractivity contribution in [2.75, 3.05) is 30.8 Å². The maximum atomic E-state index is 10.6. The first-order valence-corrected chi connectivity index (χ1v) is 5.89. The number of hydrogen-bond donors (Lipinski definition) is 2. The molecule has 0 spiro atoms. The molecule has 0 aliphatic carbocycles. The fourth-order valence-electron chi connectivity index (χ4n) is 1.92. The molecule has 18 heavy (non-hydrogen) atoms. The zero-order valence-electron chi connectivity index (χ0n) is 9.96. The van der Waals surface area contributed by atoms with Crippen LogP contribution in [-0.2, 0) is 4.74 Å². The molecule has 1 fully saturated rings. The molecule has 0 amide bonds. The minimum atomic E-state index is -0.537. The largest absolute Gasteiger partial charge is 0.381 e. The second-order valence-corrected chi connectivity index (χ2v) is 4.29. The lowest BCUT2D eigenvalue weighted by atomic mass is 10.0. The summed E-state index contributed by atoms with van der Waals surface area (Å²) in [7, 11) is 0. The Morgan fingerprint density at radius 1 is 1.50 bits per heavy atom. The molecule has 0 unspecified atom stereocenters. The summed E-state index contributed by atoms with van der Waals surface area (Å²) in [5, 5.41) is 13.7. The third kappa shape index (κ3) is 3.07. The van der Waals surface area contributed by atoms with E-state index in [9.17, 15) is 10.1 Å². The summed E-state index contributed by atoms with van der Waals surface area (Å²) in [5.74, 6) is 1.07. The molecule has 2 rings (SSSR count). The van der Waals surface area contributed by atoms with Gasteiger partial charge < -0.3 is 15.8 Å². The molecule has 1 aliphatic rings. The maximum Gasteiger partial charge on any atom is 0.311 e. The minimum absolute atomic E-state index is 0.0584. The fraction of sp³-hybridized carbons (Fsp3) is 0.545. The molecule has 0 bridgehead atoms. The van der Waals surface area contributed by atoms with E-state index in [2.05, 4.69) is 10.3 Å². The number of anilines is 2. The molecule has 0 aromatic carbocycles. The Morgan fingerprint density at radius 2 is 2.22 bits per heavy atom. The van der Waals surface area contributed by atoms with Gasteiger partial charge in [0, 0.05) is 25.8 Å². The summed E-state index contributed by atoms with van der Waals surface area (Å²) >= 11 is 0. The van der Waals surface area contributed by atoms with Crippen LogP contribution in [0.2, 0.25) is 0 Å². The first kappa shape index (κ1) is 12.6. The zero-order valence-corrected chi connectivity index (χ0v) is 9.96. The van der Waals surface area contributed by atoms with E-state index >= 15 is 0 Å². The number of nitro groups is 1. The molecule has 3 N–H and O–H groups in total. The first-order chi connectivity index (χ1) is 8.66. The summed E-state index contributed by atoms with van der Waals surface area (Å²) in [4.78, 5) is 14.0. The van der Waals surface area contributed by atoms with E-state index in [1.807, 2.05) is 0 Å². The van der Waals surface area contributed by atoms with E-state index in [-0.39, 0.29) is 11.5 Å². The molecule has 0 atom stereocenters. The van der Waals surface area contributed by atoms with Crippen LogP contribution in [0.15, 0.2) is 12.1 Å². The highest BCUT2D eigenvalue weighted by Crippen LogP contribution is 2.21. The van der Waals surface area contributed by atoms with Gasteiger partial charge in [0.1, 0.15) is 5.82 Å². The molecule has 1 aromatic heterocycles. The van der Waals surface area contributed by atoms with Crippen molar-refractivity contribution in [2.45, 2.75) is 12.8 Å². The number of rotatable bonds is 4. The Balaban J connectivity index is 1.93. The van der Waals surface area contributed by atoms with Crippen LogP contribution in [0.5, 0.6) is 0 Å². The van der Waals surface area contributed by atoms with Crippen LogP contribution < -0.4 is 11.1 Å². The number of nitrogens with two attached hydrogens (primary N) is 1. The van der Waals surface area contributed by atoms with Gasteiger partial charge in [-0.25, -0.2) is 4.98 Å². The number of nitrogen functional groups attached to an aromatic ring is 1. The molecule has 1 saturated heterocycles. The first-order valence-electron chi connectivity index (χ1n) is 5.89. The van der Waals surface area contributed by atoms with Crippen molar-refractivity contribution in [1.82, 2.24) is 4.98 Å². The van der Waals surface area contributed by atoms with Gasteiger partial charge in [-0.2, -0.15) is 0 Å². The predicted molar refractivity (Wildman–Crippen MR) is 67.3 cm³/mol. The molecule has 1 aromatic rings. The Morgan fingerprint density at radius 3 is 2.83 bits per heavy atom. The Hall–Kier alpha value is -1.89. The normalized spacial score (nSPS) is 16.4. The van der Waals surface area contributed by atoms with E-state index in [0.717, 1.165) is 32.6 Å². The minimum Gasteiger partial charge on any atom is -0.381 e. The molecular weight excluding hydrogens is 236 g/mol. The molecular formula is C11H16N4O3. The van der Waals surface area contributed by atoms with Crippen molar-refractivity contribution in [3.05, 3.63) is 22.2 Å². The van der Waals surface area contributed by atoms with Crippen LogP contribution in [0.4, 0.5) is 17.3 Å². The van der Waals surface area contributed by atoms with Crippen molar-refractivity contribution in [2.24, 2.45) is 5.92 Å². The molecule has 7 nitrogen and oxygen atoms in total. The molecule has 0 radical (unpaired) electrons. The summed E-state index contributed by atoms with van der Waals surface area (Å²) < 4.78 is 5.27. The quantitative estimate of drug-likeness (QED) is 0.620. The third-order valence-electron chi connectivity index (χ3n) is 3.01. The highest BCUT2D eigenvalue weighted by atomic mass is 16.6. The van der Waals surface area contributed by atoms with E-state index in [0.29, 0.717) is 11.7 Å². The maximum absolute atomic E-state index is 10.6. The van der Waals surface area contributed by atoms with Gasteiger partial charge in [-0.1, -0.05) is 0 Å². The lowest BCUT2D eigenvalue weighted by molar-refractivity contribution is -0.384. The van der Waals surface area contributed by atoms with Crippen molar-refractivity contribution in [1.29, 1.82) is 0 Å². The average molecular weight is 252 g/mol. The fourth-order valence-corrected chi connectivity index (χ4v) is 1.92. The Labute approximate surface area is 104 Å². The Bertz CT molecular complexity index is 432. The van der Waals surface area contributed by atoms with E-state index < -0.39 is 4.92 Å². The van der Waals surface area contributed by atoms with Crippen molar-refractivity contribution < 1.29 is 9.66 Å². The second-order valence-electron chi connectivity index (χ2n) is 4.29. The van der Waals surface area contributed by atoms with Crippen molar-refractivity contribution >= 4 is 17.3 Å². The summed E-state index contributed by atoms with van der Waals surface area (Å²) in [6.07, 6.45) is 2.05. The summed E-state index contributed by atoms with van der Waals surface area (Å²) in [5.41, 5.74) is 5.36. The van der Waals surface area contributed by atoms with Gasteiger partial charge in [0.15, 0.2) is 0 Å². The predicted octanol–water partition coefficient (Wildman–Crippen LogP) is 1.41. The van der Waals surface area contributed by atoms with Crippen LogP contribution in [0, 0.1) is 16.0 Å². The number of aromatic nitrogens is 1. The van der Waals surface area contributed by atoms with Gasteiger partial charge in [0.05, 0.1) is 4.92 Å². The Kier molecular flexibility index (Phi) is 3.93. The number of ether oxygens (including phenoxy) is 1. The lowest BCUT2D eigenvalue weighted by Crippen LogP contribution is -2.23. The smallest absolute Gasteiger partial charge is 0.311 e. The van der Waals surface area contributed by atoms with E-state index in [1.54, 1.807) is 6.07 Å². The van der Waals surface area contributed by atoms with Crippen LogP contribution in [0.25, 0.3) is 0 Å². The van der Waals surface area contributed by atoms with Crippen LogP contribution in [0.3, 0.4) is 0 Å². The highest BCUT2D eigenvalue weighted by Gasteiger charge is 2.15. The standard InChI is InChI=1S/C11H16N4O3/c12-11-9(15(16)17)1-2-10(14-11)13-7-8-3-5-18-6-4-8/h1-2,8H,3-7H2,(H3,12,13,14). The number of pyridine rings is 1. The lowest BCUT2D eigenvalue weighted by Gasteiger charge is -2.22. The molecule has 7 heteroatoms. The van der Waals surface area contributed by atoms with Gasteiger partial charge >= 0.3 is 5.69 Å². The highest BCUT2D eigenvalue weighted by molar-refractivity contribution is 5.57. The van der Waals surface area contributed by atoms with Gasteiger partial charge in [-0.15, -0.1) is 0 Å². The number of nitrogens with one attached hydrogen (secondary N) is 1. The number of hydrogen-bond acceptors (Lipinski definition) is 6. The van der Waals surface area contributed by atoms with Gasteiger partial charge in [-0.3, -0.25) is 10.1 Å². The average Bonchev–Trinajstić information content (AvgIpc) is 2.37. The summed E-state index contributed by atoms with van der Waals surface area (Å²) in [6.45, 7) is 2.37. The molecule has 98 valence electrons. The number of nitrogens with zero attached hydrogens (tertiary/aromatic N) is 2. The van der Waals surface area contributed by atoms with Crippen molar-refractivity contribution in [3.63, 3.8) is 0 Å². The monoisotopic (exact) mass is 252 g/mol. The molecule has 0 saturated carbocycles. The molecule has 2 heterocycles.